The first-order chi connectivity index (χ1) is 10.3. The van der Waals surface area contributed by atoms with Crippen LogP contribution in [0, 0.1) is 5.92 Å². The second kappa shape index (κ2) is 6.18. The molecule has 21 heavy (non-hydrogen) atoms. The Morgan fingerprint density at radius 1 is 1.38 bits per heavy atom. The summed E-state index contributed by atoms with van der Waals surface area (Å²) >= 11 is 0. The van der Waals surface area contributed by atoms with Gasteiger partial charge in [-0.05, 0) is 44.5 Å². The minimum Gasteiger partial charge on any atom is -0.337 e. The molecule has 1 aliphatic heterocycles. The maximum atomic E-state index is 12.6. The van der Waals surface area contributed by atoms with Crippen molar-refractivity contribution in [2.75, 3.05) is 26.7 Å². The Labute approximate surface area is 124 Å². The molecule has 1 saturated heterocycles. The number of carbonyl (C=O) groups excluding carboxylic acids is 1. The van der Waals surface area contributed by atoms with Crippen LogP contribution in [0.3, 0.4) is 0 Å². The number of hydrogen-bond donors (Lipinski definition) is 1. The maximum Gasteiger partial charge on any atom is 0.274 e. The van der Waals surface area contributed by atoms with Gasteiger partial charge < -0.3 is 10.2 Å². The van der Waals surface area contributed by atoms with Gasteiger partial charge in [0.2, 0.25) is 0 Å². The molecule has 1 aromatic carbocycles. The van der Waals surface area contributed by atoms with Crippen molar-refractivity contribution >= 4 is 16.9 Å². The zero-order chi connectivity index (χ0) is 14.7. The van der Waals surface area contributed by atoms with Crippen molar-refractivity contribution in [3.8, 4) is 0 Å². The number of rotatable bonds is 3. The topological polar surface area (TPSA) is 58.1 Å². The Morgan fingerprint density at radius 2 is 2.19 bits per heavy atom. The second-order valence-corrected chi connectivity index (χ2v) is 5.56. The van der Waals surface area contributed by atoms with Crippen LogP contribution in [0.4, 0.5) is 0 Å². The third kappa shape index (κ3) is 3.03. The first-order valence-electron chi connectivity index (χ1n) is 7.43. The van der Waals surface area contributed by atoms with Crippen LogP contribution in [0.1, 0.15) is 23.3 Å². The molecule has 1 aliphatic rings. The number of aromatic nitrogens is 2. The summed E-state index contributed by atoms with van der Waals surface area (Å²) in [6.07, 6.45) is 3.82. The first kappa shape index (κ1) is 13.9. The van der Waals surface area contributed by atoms with Gasteiger partial charge >= 0.3 is 0 Å². The normalized spacial score (nSPS) is 18.9. The van der Waals surface area contributed by atoms with E-state index in [0.717, 1.165) is 37.1 Å². The molecule has 0 saturated carbocycles. The van der Waals surface area contributed by atoms with Gasteiger partial charge in [-0.3, -0.25) is 9.78 Å². The lowest BCUT2D eigenvalue weighted by atomic mass is 9.98. The highest BCUT2D eigenvalue weighted by molar-refractivity contribution is 5.93. The third-order valence-electron chi connectivity index (χ3n) is 3.97. The number of amides is 1. The van der Waals surface area contributed by atoms with Gasteiger partial charge in [0.25, 0.3) is 5.91 Å². The quantitative estimate of drug-likeness (QED) is 0.932. The van der Waals surface area contributed by atoms with E-state index in [-0.39, 0.29) is 5.91 Å². The number of benzene rings is 1. The average Bonchev–Trinajstić information content (AvgIpc) is 2.54. The molecule has 0 aliphatic carbocycles. The average molecular weight is 284 g/mol. The summed E-state index contributed by atoms with van der Waals surface area (Å²) in [4.78, 5) is 23.3. The van der Waals surface area contributed by atoms with E-state index >= 15 is 0 Å². The molecule has 1 aromatic heterocycles. The lowest BCUT2D eigenvalue weighted by Crippen LogP contribution is -2.42. The van der Waals surface area contributed by atoms with E-state index in [1.165, 1.54) is 6.42 Å². The summed E-state index contributed by atoms with van der Waals surface area (Å²) in [5.74, 6) is 0.523. The van der Waals surface area contributed by atoms with Crippen molar-refractivity contribution in [1.82, 2.24) is 20.2 Å². The fourth-order valence-corrected chi connectivity index (χ4v) is 2.93. The monoisotopic (exact) mass is 284 g/mol. The predicted octanol–water partition coefficient (Wildman–Crippen LogP) is 1.70. The van der Waals surface area contributed by atoms with Gasteiger partial charge in [0.1, 0.15) is 5.69 Å². The van der Waals surface area contributed by atoms with Crippen molar-refractivity contribution in [3.63, 3.8) is 0 Å². The molecule has 0 unspecified atom stereocenters. The van der Waals surface area contributed by atoms with Gasteiger partial charge in [0, 0.05) is 13.1 Å². The van der Waals surface area contributed by atoms with Crippen LogP contribution < -0.4 is 5.32 Å². The fourth-order valence-electron chi connectivity index (χ4n) is 2.93. The lowest BCUT2D eigenvalue weighted by Gasteiger charge is -2.32. The molecule has 0 bridgehead atoms. The van der Waals surface area contributed by atoms with Crippen molar-refractivity contribution in [3.05, 3.63) is 36.2 Å². The highest BCUT2D eigenvalue weighted by Crippen LogP contribution is 2.18. The number of likely N-dealkylation sites (tertiary alicyclic amines) is 1. The summed E-state index contributed by atoms with van der Waals surface area (Å²) < 4.78 is 0. The molecule has 1 atom stereocenters. The number of nitrogens with zero attached hydrogens (tertiary/aromatic N) is 3. The van der Waals surface area contributed by atoms with Crippen LogP contribution in [-0.4, -0.2) is 47.5 Å². The zero-order valence-electron chi connectivity index (χ0n) is 12.2. The summed E-state index contributed by atoms with van der Waals surface area (Å²) in [6.45, 7) is 2.56. The molecule has 3 rings (SSSR count). The van der Waals surface area contributed by atoms with Gasteiger partial charge in [0.05, 0.1) is 17.2 Å². The van der Waals surface area contributed by atoms with E-state index in [9.17, 15) is 4.79 Å². The Morgan fingerprint density at radius 3 is 3.00 bits per heavy atom. The minimum atomic E-state index is -0.00550. The van der Waals surface area contributed by atoms with E-state index in [4.69, 9.17) is 0 Å². The molecule has 1 amide bonds. The summed E-state index contributed by atoms with van der Waals surface area (Å²) in [5, 5.41) is 3.19. The van der Waals surface area contributed by atoms with Crippen molar-refractivity contribution in [2.24, 2.45) is 5.92 Å². The summed E-state index contributed by atoms with van der Waals surface area (Å²) in [5.41, 5.74) is 2.03. The molecular formula is C16H20N4O. The van der Waals surface area contributed by atoms with Crippen molar-refractivity contribution in [1.29, 1.82) is 0 Å². The second-order valence-electron chi connectivity index (χ2n) is 5.56. The molecular weight excluding hydrogens is 264 g/mol. The number of carbonyl (C=O) groups is 1. The minimum absolute atomic E-state index is 0.00550. The molecule has 0 radical (unpaired) electrons. The number of fused-ring (bicyclic) bond motifs is 1. The smallest absolute Gasteiger partial charge is 0.274 e. The van der Waals surface area contributed by atoms with Crippen LogP contribution in [0.2, 0.25) is 0 Å². The van der Waals surface area contributed by atoms with Crippen molar-refractivity contribution in [2.45, 2.75) is 12.8 Å². The molecule has 1 N–H and O–H groups in total. The third-order valence-corrected chi connectivity index (χ3v) is 3.97. The van der Waals surface area contributed by atoms with Crippen LogP contribution in [0.25, 0.3) is 11.0 Å². The number of hydrogen-bond acceptors (Lipinski definition) is 4. The number of para-hydroxylation sites is 2. The Hall–Kier alpha value is -2.01. The van der Waals surface area contributed by atoms with E-state index < -0.39 is 0 Å². The Bertz CT molecular complexity index is 641. The lowest BCUT2D eigenvalue weighted by molar-refractivity contribution is 0.0668. The van der Waals surface area contributed by atoms with Crippen LogP contribution in [-0.2, 0) is 0 Å². The van der Waals surface area contributed by atoms with Gasteiger partial charge in [-0.1, -0.05) is 12.1 Å². The SMILES string of the molecule is CNC[C@H]1CCCN(C(=O)c2cnc3ccccc3n2)C1. The molecule has 5 heteroatoms. The Balaban J connectivity index is 1.79. The van der Waals surface area contributed by atoms with E-state index in [2.05, 4.69) is 15.3 Å². The Kier molecular flexibility index (Phi) is 4.10. The highest BCUT2D eigenvalue weighted by Gasteiger charge is 2.25. The zero-order valence-corrected chi connectivity index (χ0v) is 12.2. The number of piperidine rings is 1. The largest absolute Gasteiger partial charge is 0.337 e. The molecule has 2 heterocycles. The van der Waals surface area contributed by atoms with E-state index in [1.54, 1.807) is 6.20 Å². The van der Waals surface area contributed by atoms with Gasteiger partial charge in [0.15, 0.2) is 0 Å². The first-order valence-corrected chi connectivity index (χ1v) is 7.43. The van der Waals surface area contributed by atoms with Gasteiger partial charge in [-0.15, -0.1) is 0 Å². The van der Waals surface area contributed by atoms with Crippen LogP contribution >= 0.6 is 0 Å². The highest BCUT2D eigenvalue weighted by atomic mass is 16.2. The molecule has 0 spiro atoms. The summed E-state index contributed by atoms with van der Waals surface area (Å²) in [6, 6.07) is 7.63. The summed E-state index contributed by atoms with van der Waals surface area (Å²) in [7, 11) is 1.95. The van der Waals surface area contributed by atoms with Crippen LogP contribution in [0.5, 0.6) is 0 Å². The number of nitrogens with one attached hydrogen (secondary N) is 1. The van der Waals surface area contributed by atoms with Crippen LogP contribution in [0.15, 0.2) is 30.5 Å². The van der Waals surface area contributed by atoms with Gasteiger partial charge in [-0.2, -0.15) is 0 Å². The van der Waals surface area contributed by atoms with E-state index in [0.29, 0.717) is 11.6 Å². The molecule has 2 aromatic rings. The molecule has 5 nitrogen and oxygen atoms in total. The van der Waals surface area contributed by atoms with E-state index in [1.807, 2.05) is 36.2 Å². The van der Waals surface area contributed by atoms with Crippen molar-refractivity contribution < 1.29 is 4.79 Å². The molecule has 1 fully saturated rings. The fraction of sp³-hybridized carbons (Fsp3) is 0.438. The maximum absolute atomic E-state index is 12.6. The molecule has 110 valence electrons. The standard InChI is InChI=1S/C16H20N4O/c1-17-9-12-5-4-8-20(11-12)16(21)15-10-18-13-6-2-3-7-14(13)19-15/h2-3,6-7,10,12,17H,4-5,8-9,11H2,1H3/t12-/m1/s1. The van der Waals surface area contributed by atoms with Gasteiger partial charge in [-0.25, -0.2) is 4.98 Å². The predicted molar refractivity (Wildman–Crippen MR) is 82.1 cm³/mol.